The van der Waals surface area contributed by atoms with Crippen LogP contribution in [0.5, 0.6) is 5.75 Å². The lowest BCUT2D eigenvalue weighted by Gasteiger charge is -2.34. The molecule has 0 radical (unpaired) electrons. The molecule has 0 bridgehead atoms. The number of phenols is 1. The maximum atomic E-state index is 14.2. The van der Waals surface area contributed by atoms with Crippen LogP contribution in [0.4, 0.5) is 4.39 Å². The highest BCUT2D eigenvalue weighted by molar-refractivity contribution is 7.91. The van der Waals surface area contributed by atoms with Gasteiger partial charge in [0.1, 0.15) is 15.4 Å². The molecule has 2 aromatic rings. The third-order valence-corrected chi connectivity index (χ3v) is 6.34. The number of benzene rings is 1. The van der Waals surface area contributed by atoms with Crippen LogP contribution in [0.15, 0.2) is 12.1 Å². The smallest absolute Gasteiger partial charge is 0.287 e. The van der Waals surface area contributed by atoms with Gasteiger partial charge in [0.25, 0.3) is 5.91 Å². The lowest BCUT2D eigenvalue weighted by Crippen LogP contribution is -2.51. The summed E-state index contributed by atoms with van der Waals surface area (Å²) < 4.78 is 38.8. The van der Waals surface area contributed by atoms with Gasteiger partial charge in [0.2, 0.25) is 0 Å². The number of aromatic nitrogens is 2. The molecule has 25 heavy (non-hydrogen) atoms. The Morgan fingerprint density at radius 2 is 2.04 bits per heavy atom. The van der Waals surface area contributed by atoms with Gasteiger partial charge in [-0.15, -0.1) is 0 Å². The van der Waals surface area contributed by atoms with Crippen molar-refractivity contribution < 1.29 is 22.7 Å². The first kappa shape index (κ1) is 17.7. The van der Waals surface area contributed by atoms with E-state index in [2.05, 4.69) is 10.3 Å². The molecule has 9 heteroatoms. The Kier molecular flexibility index (Phi) is 4.22. The first-order chi connectivity index (χ1) is 11.7. The van der Waals surface area contributed by atoms with Crippen LogP contribution in [-0.2, 0) is 16.4 Å². The van der Waals surface area contributed by atoms with Crippen molar-refractivity contribution in [3.05, 3.63) is 23.8 Å². The first-order valence-electron chi connectivity index (χ1n) is 8.06. The van der Waals surface area contributed by atoms with Crippen LogP contribution >= 0.6 is 0 Å². The Morgan fingerprint density at radius 1 is 1.40 bits per heavy atom. The summed E-state index contributed by atoms with van der Waals surface area (Å²) in [6.45, 7) is 3.84. The minimum absolute atomic E-state index is 0.0243. The van der Waals surface area contributed by atoms with Crippen molar-refractivity contribution >= 4 is 26.8 Å². The van der Waals surface area contributed by atoms with Crippen molar-refractivity contribution in [3.63, 3.8) is 0 Å². The number of sulfone groups is 1. The molecule has 0 saturated carbocycles. The number of aryl methyl sites for hydroxylation is 1. The zero-order valence-electron chi connectivity index (χ0n) is 14.0. The molecule has 0 unspecified atom stereocenters. The molecule has 0 atom stereocenters. The summed E-state index contributed by atoms with van der Waals surface area (Å²) in [4.78, 5) is 16.9. The highest BCUT2D eigenvalue weighted by Crippen LogP contribution is 2.28. The van der Waals surface area contributed by atoms with Crippen molar-refractivity contribution in [1.29, 1.82) is 0 Å². The fourth-order valence-corrected chi connectivity index (χ4v) is 4.82. The van der Waals surface area contributed by atoms with E-state index < -0.39 is 32.9 Å². The number of hydrogen-bond acceptors (Lipinski definition) is 5. The molecule has 1 saturated heterocycles. The fourth-order valence-electron chi connectivity index (χ4n) is 3.10. The van der Waals surface area contributed by atoms with E-state index in [0.29, 0.717) is 19.4 Å². The largest absolute Gasteiger partial charge is 0.505 e. The van der Waals surface area contributed by atoms with Crippen molar-refractivity contribution in [3.8, 4) is 5.75 Å². The number of carbonyl (C=O) groups is 1. The Balaban J connectivity index is 1.94. The minimum atomic E-state index is -3.05. The maximum absolute atomic E-state index is 14.2. The predicted octanol–water partition coefficient (Wildman–Crippen LogP) is 1.60. The second kappa shape index (κ2) is 5.98. The number of hydrogen-bond donors (Lipinski definition) is 2. The van der Waals surface area contributed by atoms with Crippen molar-refractivity contribution in [1.82, 2.24) is 14.9 Å². The molecular formula is C16H20FN3O4S. The third-order valence-electron chi connectivity index (χ3n) is 4.69. The lowest BCUT2D eigenvalue weighted by molar-refractivity contribution is 0.0885. The summed E-state index contributed by atoms with van der Waals surface area (Å²) in [5.74, 6) is -1.72. The number of imidazole rings is 1. The monoisotopic (exact) mass is 369 g/mol. The molecule has 0 spiro atoms. The molecule has 0 aliphatic carbocycles. The van der Waals surface area contributed by atoms with Gasteiger partial charge < -0.3 is 15.0 Å². The molecule has 1 aliphatic rings. The van der Waals surface area contributed by atoms with Crippen LogP contribution in [0.3, 0.4) is 0 Å². The molecule has 3 rings (SSSR count). The first-order valence-corrected chi connectivity index (χ1v) is 9.88. The highest BCUT2D eigenvalue weighted by Gasteiger charge is 2.35. The van der Waals surface area contributed by atoms with E-state index in [4.69, 9.17) is 0 Å². The molecular weight excluding hydrogens is 349 g/mol. The number of amides is 1. The summed E-state index contributed by atoms with van der Waals surface area (Å²) in [5, 5.41) is 12.4. The van der Waals surface area contributed by atoms with E-state index in [0.717, 1.165) is 0 Å². The van der Waals surface area contributed by atoms with Crippen molar-refractivity contribution in [2.75, 3.05) is 11.5 Å². The number of nitrogens with zero attached hydrogens (tertiary/aromatic N) is 2. The molecule has 1 aliphatic heterocycles. The predicted molar refractivity (Wildman–Crippen MR) is 90.8 cm³/mol. The van der Waals surface area contributed by atoms with Gasteiger partial charge in [0, 0.05) is 12.1 Å². The van der Waals surface area contributed by atoms with Gasteiger partial charge in [-0.1, -0.05) is 0 Å². The van der Waals surface area contributed by atoms with Crippen LogP contribution < -0.4 is 5.32 Å². The molecule has 1 fully saturated rings. The Morgan fingerprint density at radius 3 is 2.64 bits per heavy atom. The summed E-state index contributed by atoms with van der Waals surface area (Å²) in [6, 6.07) is 2.64. The van der Waals surface area contributed by atoms with Gasteiger partial charge >= 0.3 is 0 Å². The second-order valence-electron chi connectivity index (χ2n) is 6.61. The zero-order chi connectivity index (χ0) is 18.4. The quantitative estimate of drug-likeness (QED) is 0.856. The Labute approximate surface area is 144 Å². The number of nitrogens with one attached hydrogen (secondary N) is 1. The van der Waals surface area contributed by atoms with Gasteiger partial charge in [0.15, 0.2) is 17.4 Å². The Bertz CT molecular complexity index is 938. The number of halogens is 1. The molecule has 1 aromatic carbocycles. The SMILES string of the molecule is CCn1c(C(=O)NC2(C)CCS(=O)(=O)CC2)nc2ccc(O)c(F)c21. The van der Waals surface area contributed by atoms with Crippen LogP contribution in [0.25, 0.3) is 11.0 Å². The molecule has 2 heterocycles. The maximum Gasteiger partial charge on any atom is 0.287 e. The van der Waals surface area contributed by atoms with E-state index in [1.165, 1.54) is 16.7 Å². The van der Waals surface area contributed by atoms with Gasteiger partial charge in [0.05, 0.1) is 17.0 Å². The van der Waals surface area contributed by atoms with E-state index in [1.807, 2.05) is 0 Å². The average Bonchev–Trinajstić information content (AvgIpc) is 2.94. The molecule has 2 N–H and O–H groups in total. The van der Waals surface area contributed by atoms with Crippen LogP contribution in [0.2, 0.25) is 0 Å². The number of phenolic OH excluding ortho intramolecular Hbond substituents is 1. The average molecular weight is 369 g/mol. The van der Waals surface area contributed by atoms with Crippen LogP contribution in [0, 0.1) is 5.82 Å². The summed E-state index contributed by atoms with van der Waals surface area (Å²) >= 11 is 0. The summed E-state index contributed by atoms with van der Waals surface area (Å²) in [6.07, 6.45) is 0.644. The number of aromatic hydroxyl groups is 1. The molecule has 7 nitrogen and oxygen atoms in total. The van der Waals surface area contributed by atoms with Gasteiger partial charge in [-0.2, -0.15) is 0 Å². The standard InChI is InChI=1S/C16H20FN3O4S/c1-3-20-13-10(4-5-11(21)12(13)17)18-14(20)15(22)19-16(2)6-8-25(23,24)9-7-16/h4-5,21H,3,6-9H2,1-2H3,(H,19,22). The number of rotatable bonds is 3. The molecule has 1 amide bonds. The second-order valence-corrected chi connectivity index (χ2v) is 8.92. The van der Waals surface area contributed by atoms with E-state index in [-0.39, 0.29) is 28.4 Å². The van der Waals surface area contributed by atoms with Crippen molar-refractivity contribution in [2.45, 2.75) is 38.8 Å². The van der Waals surface area contributed by atoms with Crippen molar-refractivity contribution in [2.24, 2.45) is 0 Å². The van der Waals surface area contributed by atoms with E-state index in [1.54, 1.807) is 13.8 Å². The third kappa shape index (κ3) is 3.20. The van der Waals surface area contributed by atoms with Crippen LogP contribution in [-0.4, -0.2) is 46.0 Å². The summed E-state index contributed by atoms with van der Waals surface area (Å²) in [5.41, 5.74) is -0.303. The fraction of sp³-hybridized carbons (Fsp3) is 0.500. The normalized spacial score (nSPS) is 19.0. The lowest BCUT2D eigenvalue weighted by atomic mass is 9.95. The van der Waals surface area contributed by atoms with Gasteiger partial charge in [-0.3, -0.25) is 4.79 Å². The number of fused-ring (bicyclic) bond motifs is 1. The Hall–Kier alpha value is -2.16. The molecule has 136 valence electrons. The molecule has 1 aromatic heterocycles. The number of carbonyl (C=O) groups excluding carboxylic acids is 1. The summed E-state index contributed by atoms with van der Waals surface area (Å²) in [7, 11) is -3.05. The van der Waals surface area contributed by atoms with Gasteiger partial charge in [-0.05, 0) is 38.8 Å². The highest BCUT2D eigenvalue weighted by atomic mass is 32.2. The van der Waals surface area contributed by atoms with Gasteiger partial charge in [-0.25, -0.2) is 17.8 Å². The zero-order valence-corrected chi connectivity index (χ0v) is 14.9. The topological polar surface area (TPSA) is 101 Å². The van der Waals surface area contributed by atoms with E-state index >= 15 is 0 Å². The van der Waals surface area contributed by atoms with E-state index in [9.17, 15) is 22.7 Å². The minimum Gasteiger partial charge on any atom is -0.505 e. The van der Waals surface area contributed by atoms with Crippen LogP contribution in [0.1, 0.15) is 37.3 Å².